The number of hydrogen-bond donors (Lipinski definition) is 2. The van der Waals surface area contributed by atoms with Gasteiger partial charge in [0, 0.05) is 0 Å². The lowest BCUT2D eigenvalue weighted by molar-refractivity contribution is 0.270. The molecule has 0 aliphatic carbocycles. The van der Waals surface area contributed by atoms with Crippen molar-refractivity contribution in [1.29, 1.82) is 0 Å². The SMILES string of the molecule is CCCCCCOc1ccc(/C=N/Nc2cn[nH]c(=O)c2Cl)cc1OCC. The quantitative estimate of drug-likeness (QED) is 0.339. The molecule has 2 N–H and O–H groups in total. The van der Waals surface area contributed by atoms with Crippen LogP contribution in [-0.2, 0) is 0 Å². The lowest BCUT2D eigenvalue weighted by atomic mass is 10.2. The Morgan fingerprint density at radius 3 is 2.85 bits per heavy atom. The number of anilines is 1. The van der Waals surface area contributed by atoms with Gasteiger partial charge < -0.3 is 9.47 Å². The van der Waals surface area contributed by atoms with E-state index in [0.717, 1.165) is 24.2 Å². The minimum atomic E-state index is -0.476. The van der Waals surface area contributed by atoms with E-state index in [1.807, 2.05) is 25.1 Å². The highest BCUT2D eigenvalue weighted by Gasteiger charge is 2.06. The average Bonchev–Trinajstić information content (AvgIpc) is 2.66. The van der Waals surface area contributed by atoms with Crippen LogP contribution >= 0.6 is 11.6 Å². The second-order valence-corrected chi connectivity index (χ2v) is 6.22. The van der Waals surface area contributed by atoms with Crippen LogP contribution in [0.3, 0.4) is 0 Å². The molecule has 0 saturated carbocycles. The van der Waals surface area contributed by atoms with Crippen molar-refractivity contribution in [3.63, 3.8) is 0 Å². The predicted molar refractivity (Wildman–Crippen MR) is 108 cm³/mol. The van der Waals surface area contributed by atoms with Gasteiger partial charge in [-0.05, 0) is 37.1 Å². The molecule has 0 atom stereocenters. The predicted octanol–water partition coefficient (Wildman–Crippen LogP) is 4.23. The molecular formula is C19H25ClN4O3. The van der Waals surface area contributed by atoms with Crippen molar-refractivity contribution in [2.75, 3.05) is 18.6 Å². The van der Waals surface area contributed by atoms with Crippen LogP contribution in [0.1, 0.15) is 45.1 Å². The van der Waals surface area contributed by atoms with Gasteiger partial charge in [0.25, 0.3) is 5.56 Å². The van der Waals surface area contributed by atoms with E-state index >= 15 is 0 Å². The summed E-state index contributed by atoms with van der Waals surface area (Å²) in [7, 11) is 0. The number of unbranched alkanes of at least 4 members (excludes halogenated alkanes) is 3. The number of benzene rings is 1. The second-order valence-electron chi connectivity index (χ2n) is 5.85. The van der Waals surface area contributed by atoms with Crippen molar-refractivity contribution in [3.8, 4) is 11.5 Å². The van der Waals surface area contributed by atoms with Gasteiger partial charge in [0.1, 0.15) is 10.7 Å². The van der Waals surface area contributed by atoms with E-state index in [4.69, 9.17) is 21.1 Å². The molecule has 0 radical (unpaired) electrons. The van der Waals surface area contributed by atoms with Gasteiger partial charge in [0.2, 0.25) is 0 Å². The monoisotopic (exact) mass is 392 g/mol. The van der Waals surface area contributed by atoms with Crippen LogP contribution < -0.4 is 20.5 Å². The molecule has 0 aliphatic heterocycles. The van der Waals surface area contributed by atoms with Crippen molar-refractivity contribution in [2.45, 2.75) is 39.5 Å². The molecule has 0 saturated heterocycles. The maximum Gasteiger partial charge on any atom is 0.285 e. The highest BCUT2D eigenvalue weighted by atomic mass is 35.5. The van der Waals surface area contributed by atoms with Crippen molar-refractivity contribution < 1.29 is 9.47 Å². The zero-order valence-electron chi connectivity index (χ0n) is 15.6. The van der Waals surface area contributed by atoms with Crippen molar-refractivity contribution in [1.82, 2.24) is 10.2 Å². The van der Waals surface area contributed by atoms with E-state index in [2.05, 4.69) is 27.6 Å². The Hall–Kier alpha value is -2.54. The third-order valence-corrected chi connectivity index (χ3v) is 4.09. The summed E-state index contributed by atoms with van der Waals surface area (Å²) in [5.74, 6) is 1.40. The molecule has 7 nitrogen and oxygen atoms in total. The van der Waals surface area contributed by atoms with Crippen LogP contribution in [0.15, 0.2) is 34.3 Å². The topological polar surface area (TPSA) is 88.6 Å². The van der Waals surface area contributed by atoms with Crippen LogP contribution in [0.5, 0.6) is 11.5 Å². The van der Waals surface area contributed by atoms with E-state index in [1.54, 1.807) is 6.21 Å². The molecule has 1 heterocycles. The van der Waals surface area contributed by atoms with Crippen LogP contribution in [0.2, 0.25) is 5.02 Å². The largest absolute Gasteiger partial charge is 0.490 e. The summed E-state index contributed by atoms with van der Waals surface area (Å²) >= 11 is 5.89. The summed E-state index contributed by atoms with van der Waals surface area (Å²) in [5.41, 5.74) is 3.37. The Labute approximate surface area is 163 Å². The van der Waals surface area contributed by atoms with Gasteiger partial charge in [0.05, 0.1) is 25.6 Å². The number of halogens is 1. The Morgan fingerprint density at radius 1 is 1.22 bits per heavy atom. The zero-order valence-corrected chi connectivity index (χ0v) is 16.4. The van der Waals surface area contributed by atoms with Gasteiger partial charge in [-0.15, -0.1) is 0 Å². The Kier molecular flexibility index (Phi) is 8.64. The van der Waals surface area contributed by atoms with Gasteiger partial charge in [-0.1, -0.05) is 37.8 Å². The third kappa shape index (κ3) is 6.60. The molecule has 0 bridgehead atoms. The Balaban J connectivity index is 2.01. The molecule has 2 aromatic rings. The lowest BCUT2D eigenvalue weighted by Crippen LogP contribution is -2.10. The van der Waals surface area contributed by atoms with Crippen molar-refractivity contribution >= 4 is 23.5 Å². The van der Waals surface area contributed by atoms with Gasteiger partial charge >= 0.3 is 0 Å². The minimum Gasteiger partial charge on any atom is -0.490 e. The molecule has 0 amide bonds. The summed E-state index contributed by atoms with van der Waals surface area (Å²) in [6.07, 6.45) is 7.60. The molecule has 0 spiro atoms. The number of nitrogens with zero attached hydrogens (tertiary/aromatic N) is 2. The van der Waals surface area contributed by atoms with Crippen LogP contribution in [0.4, 0.5) is 5.69 Å². The standard InChI is InChI=1S/C19H25ClN4O3/c1-3-5-6-7-10-27-16-9-8-14(11-17(16)26-4-2)12-21-23-15-13-22-24-19(25)18(15)20/h8-9,11-13H,3-7,10H2,1-2H3,(H2,23,24,25)/b21-12+. The number of ether oxygens (including phenoxy) is 2. The van der Waals surface area contributed by atoms with Crippen LogP contribution in [-0.4, -0.2) is 29.6 Å². The van der Waals surface area contributed by atoms with Gasteiger partial charge in [-0.3, -0.25) is 10.2 Å². The molecule has 0 unspecified atom stereocenters. The maximum absolute atomic E-state index is 11.4. The highest BCUT2D eigenvalue weighted by Crippen LogP contribution is 2.28. The summed E-state index contributed by atoms with van der Waals surface area (Å²) in [5, 5.41) is 10.0. The lowest BCUT2D eigenvalue weighted by Gasteiger charge is -2.12. The summed E-state index contributed by atoms with van der Waals surface area (Å²) in [6.45, 7) is 5.32. The van der Waals surface area contributed by atoms with Gasteiger partial charge in [-0.2, -0.15) is 10.2 Å². The number of hydrazone groups is 1. The van der Waals surface area contributed by atoms with E-state index < -0.39 is 5.56 Å². The molecule has 1 aromatic carbocycles. The van der Waals surface area contributed by atoms with Crippen molar-refractivity contribution in [3.05, 3.63) is 45.3 Å². The van der Waals surface area contributed by atoms with Crippen LogP contribution in [0, 0.1) is 0 Å². The number of rotatable bonds is 11. The van der Waals surface area contributed by atoms with E-state index in [0.29, 0.717) is 24.7 Å². The Morgan fingerprint density at radius 2 is 2.07 bits per heavy atom. The summed E-state index contributed by atoms with van der Waals surface area (Å²) < 4.78 is 11.5. The zero-order chi connectivity index (χ0) is 19.5. The maximum atomic E-state index is 11.4. The van der Waals surface area contributed by atoms with E-state index in [9.17, 15) is 4.79 Å². The molecule has 1 aromatic heterocycles. The van der Waals surface area contributed by atoms with E-state index in [1.165, 1.54) is 19.0 Å². The normalized spacial score (nSPS) is 10.9. The fraction of sp³-hybridized carbons (Fsp3) is 0.421. The molecule has 146 valence electrons. The number of nitrogens with one attached hydrogen (secondary N) is 2. The number of H-pyrrole nitrogens is 1. The van der Waals surface area contributed by atoms with Crippen molar-refractivity contribution in [2.24, 2.45) is 5.10 Å². The molecule has 0 aliphatic rings. The number of hydrogen-bond acceptors (Lipinski definition) is 6. The Bertz CT molecular complexity index is 808. The number of aromatic nitrogens is 2. The molecule has 2 rings (SSSR count). The minimum absolute atomic E-state index is 0.00368. The first-order valence-corrected chi connectivity index (χ1v) is 9.45. The summed E-state index contributed by atoms with van der Waals surface area (Å²) in [4.78, 5) is 11.4. The first-order chi connectivity index (χ1) is 13.2. The van der Waals surface area contributed by atoms with Gasteiger partial charge in [0.15, 0.2) is 11.5 Å². The fourth-order valence-electron chi connectivity index (χ4n) is 2.34. The molecular weight excluding hydrogens is 368 g/mol. The summed E-state index contributed by atoms with van der Waals surface area (Å²) in [6, 6.07) is 5.61. The molecule has 0 fully saturated rings. The highest BCUT2D eigenvalue weighted by molar-refractivity contribution is 6.32. The van der Waals surface area contributed by atoms with Gasteiger partial charge in [-0.25, -0.2) is 5.10 Å². The first-order valence-electron chi connectivity index (χ1n) is 9.07. The number of aromatic amines is 1. The first kappa shape index (κ1) is 20.8. The smallest absolute Gasteiger partial charge is 0.285 e. The average molecular weight is 393 g/mol. The second kappa shape index (κ2) is 11.2. The van der Waals surface area contributed by atoms with E-state index in [-0.39, 0.29) is 5.02 Å². The fourth-order valence-corrected chi connectivity index (χ4v) is 2.47. The molecule has 8 heteroatoms. The van der Waals surface area contributed by atoms with Crippen LogP contribution in [0.25, 0.3) is 0 Å². The third-order valence-electron chi connectivity index (χ3n) is 3.72. The molecule has 27 heavy (non-hydrogen) atoms.